The first-order valence-electron chi connectivity index (χ1n) is 6.99. The molecule has 1 aliphatic rings. The maximum Gasteiger partial charge on any atom is 0.416 e. The molecule has 0 radical (unpaired) electrons. The zero-order chi connectivity index (χ0) is 15.3. The van der Waals surface area contributed by atoms with Gasteiger partial charge in [-0.05, 0) is 11.6 Å². The maximum absolute atomic E-state index is 12.1. The van der Waals surface area contributed by atoms with Crippen molar-refractivity contribution in [2.75, 3.05) is 40.3 Å². The number of quaternary nitrogens is 1. The van der Waals surface area contributed by atoms with Crippen molar-refractivity contribution in [1.82, 2.24) is 4.90 Å². The van der Waals surface area contributed by atoms with Gasteiger partial charge in [-0.1, -0.05) is 36.4 Å². The predicted molar refractivity (Wildman–Crippen MR) is 80.4 cm³/mol. The summed E-state index contributed by atoms with van der Waals surface area (Å²) in [5.74, 6) is -0.185. The molecule has 1 fully saturated rings. The van der Waals surface area contributed by atoms with E-state index in [2.05, 4.69) is 0 Å². The van der Waals surface area contributed by atoms with Crippen LogP contribution in [0, 0.1) is 0 Å². The summed E-state index contributed by atoms with van der Waals surface area (Å²) in [6.07, 6.45) is 3.55. The Morgan fingerprint density at radius 1 is 1.33 bits per heavy atom. The summed E-state index contributed by atoms with van der Waals surface area (Å²) in [5, 5.41) is 0. The molecular formula is C16H21N2O3+. The highest BCUT2D eigenvalue weighted by Crippen LogP contribution is 2.08. The fourth-order valence-electron chi connectivity index (χ4n) is 2.17. The number of hydrogen-bond donors (Lipinski definition) is 0. The molecule has 0 N–H and O–H groups in total. The number of cyclic esters (lactones) is 1. The smallest absolute Gasteiger partial charge is 0.416 e. The van der Waals surface area contributed by atoms with Gasteiger partial charge < -0.3 is 9.22 Å². The Hall–Kier alpha value is -2.14. The van der Waals surface area contributed by atoms with Crippen LogP contribution >= 0.6 is 0 Å². The van der Waals surface area contributed by atoms with Crippen molar-refractivity contribution in [3.8, 4) is 0 Å². The lowest BCUT2D eigenvalue weighted by Crippen LogP contribution is -2.49. The van der Waals surface area contributed by atoms with Gasteiger partial charge in [-0.25, -0.2) is 9.69 Å². The molecule has 5 heteroatoms. The van der Waals surface area contributed by atoms with E-state index >= 15 is 0 Å². The molecule has 5 nitrogen and oxygen atoms in total. The van der Waals surface area contributed by atoms with E-state index in [1.54, 1.807) is 0 Å². The van der Waals surface area contributed by atoms with Crippen LogP contribution in [0.1, 0.15) is 5.56 Å². The van der Waals surface area contributed by atoms with Gasteiger partial charge in [-0.2, -0.15) is 0 Å². The van der Waals surface area contributed by atoms with E-state index in [0.717, 1.165) is 5.56 Å². The summed E-state index contributed by atoms with van der Waals surface area (Å²) in [7, 11) is 3.93. The maximum atomic E-state index is 12.1. The predicted octanol–water partition coefficient (Wildman–Crippen LogP) is 1.76. The molecule has 0 unspecified atom stereocenters. The number of rotatable bonds is 5. The Morgan fingerprint density at radius 2 is 2.05 bits per heavy atom. The van der Waals surface area contributed by atoms with E-state index in [9.17, 15) is 9.59 Å². The number of ether oxygens (including phenoxy) is 1. The van der Waals surface area contributed by atoms with Crippen molar-refractivity contribution in [3.63, 3.8) is 0 Å². The second kappa shape index (κ2) is 6.54. The van der Waals surface area contributed by atoms with Crippen molar-refractivity contribution in [1.29, 1.82) is 0 Å². The van der Waals surface area contributed by atoms with Gasteiger partial charge >= 0.3 is 6.09 Å². The fourth-order valence-corrected chi connectivity index (χ4v) is 2.17. The summed E-state index contributed by atoms with van der Waals surface area (Å²) < 4.78 is 5.28. The van der Waals surface area contributed by atoms with E-state index in [-0.39, 0.29) is 12.5 Å². The van der Waals surface area contributed by atoms with E-state index in [4.69, 9.17) is 4.74 Å². The first-order valence-corrected chi connectivity index (χ1v) is 6.99. The minimum atomic E-state index is -0.528. The monoisotopic (exact) mass is 289 g/mol. The second-order valence-electron chi connectivity index (χ2n) is 5.75. The topological polar surface area (TPSA) is 46.6 Å². The third kappa shape index (κ3) is 4.43. The molecule has 0 aromatic heterocycles. The lowest BCUT2D eigenvalue weighted by molar-refractivity contribution is -0.876. The molecule has 0 saturated carbocycles. The zero-order valence-corrected chi connectivity index (χ0v) is 12.5. The first-order chi connectivity index (χ1) is 9.98. The van der Waals surface area contributed by atoms with E-state index in [1.807, 2.05) is 56.6 Å². The first kappa shape index (κ1) is 15.3. The highest BCUT2D eigenvalue weighted by Gasteiger charge is 2.32. The summed E-state index contributed by atoms with van der Waals surface area (Å²) in [6.45, 7) is 1.64. The molecule has 1 aromatic rings. The zero-order valence-electron chi connectivity index (χ0n) is 12.5. The Kier molecular flexibility index (Phi) is 4.75. The number of benzene rings is 1. The Labute approximate surface area is 125 Å². The number of nitrogens with zero attached hydrogens (tertiary/aromatic N) is 2. The lowest BCUT2D eigenvalue weighted by Gasteiger charge is -2.28. The molecule has 1 aromatic carbocycles. The standard InChI is InChI=1S/C16H21N2O3/c1-18(2,11-6-9-14-7-4-3-5-8-14)13-15(19)17-10-12-21-16(17)20/h3-9H,10-13H2,1-2H3/q+1/b9-6+. The quantitative estimate of drug-likeness (QED) is 0.776. The summed E-state index contributed by atoms with van der Waals surface area (Å²) in [6, 6.07) is 10.0. The van der Waals surface area contributed by atoms with Crippen LogP contribution in [0.4, 0.5) is 4.79 Å². The Morgan fingerprint density at radius 3 is 2.67 bits per heavy atom. The molecule has 112 valence electrons. The van der Waals surface area contributed by atoms with Crippen LogP contribution in [0.15, 0.2) is 36.4 Å². The van der Waals surface area contributed by atoms with Crippen molar-refractivity contribution < 1.29 is 18.8 Å². The molecule has 0 spiro atoms. The van der Waals surface area contributed by atoms with Crippen LogP contribution in [0.3, 0.4) is 0 Å². The Bertz CT molecular complexity index is 538. The van der Waals surface area contributed by atoms with Crippen LogP contribution in [0.2, 0.25) is 0 Å². The van der Waals surface area contributed by atoms with Gasteiger partial charge in [-0.15, -0.1) is 0 Å². The number of carbonyl (C=O) groups is 2. The largest absolute Gasteiger partial charge is 0.447 e. The van der Waals surface area contributed by atoms with Gasteiger partial charge in [0.1, 0.15) is 6.61 Å². The minimum Gasteiger partial charge on any atom is -0.447 e. The number of likely N-dealkylation sites (N-methyl/N-ethyl adjacent to an activating group) is 1. The third-order valence-electron chi connectivity index (χ3n) is 3.33. The molecular weight excluding hydrogens is 268 g/mol. The van der Waals surface area contributed by atoms with Gasteiger partial charge in [0.05, 0.1) is 27.2 Å². The fraction of sp³-hybridized carbons (Fsp3) is 0.375. The van der Waals surface area contributed by atoms with Crippen LogP contribution < -0.4 is 0 Å². The molecule has 1 heterocycles. The van der Waals surface area contributed by atoms with Crippen molar-refractivity contribution in [2.24, 2.45) is 0 Å². The second-order valence-corrected chi connectivity index (χ2v) is 5.75. The van der Waals surface area contributed by atoms with Crippen molar-refractivity contribution in [2.45, 2.75) is 0 Å². The van der Waals surface area contributed by atoms with Crippen LogP contribution in [-0.4, -0.2) is 61.7 Å². The van der Waals surface area contributed by atoms with Crippen LogP contribution in [-0.2, 0) is 9.53 Å². The summed E-state index contributed by atoms with van der Waals surface area (Å²) >= 11 is 0. The average Bonchev–Trinajstić information content (AvgIpc) is 2.85. The van der Waals surface area contributed by atoms with E-state index in [0.29, 0.717) is 24.2 Å². The molecule has 2 rings (SSSR count). The van der Waals surface area contributed by atoms with Gasteiger partial charge in [0, 0.05) is 0 Å². The van der Waals surface area contributed by atoms with Gasteiger partial charge in [0.2, 0.25) is 0 Å². The highest BCUT2D eigenvalue weighted by molar-refractivity contribution is 5.93. The number of imide groups is 1. The average molecular weight is 289 g/mol. The van der Waals surface area contributed by atoms with Gasteiger partial charge in [-0.3, -0.25) is 4.79 Å². The molecule has 0 bridgehead atoms. The molecule has 21 heavy (non-hydrogen) atoms. The Balaban J connectivity index is 1.88. The highest BCUT2D eigenvalue weighted by atomic mass is 16.6. The molecule has 2 amide bonds. The van der Waals surface area contributed by atoms with Crippen LogP contribution in [0.25, 0.3) is 6.08 Å². The normalized spacial score (nSPS) is 15.5. The number of hydrogen-bond acceptors (Lipinski definition) is 3. The van der Waals surface area contributed by atoms with E-state index in [1.165, 1.54) is 4.90 Å². The molecule has 1 aliphatic heterocycles. The van der Waals surface area contributed by atoms with E-state index < -0.39 is 6.09 Å². The van der Waals surface area contributed by atoms with Crippen LogP contribution in [0.5, 0.6) is 0 Å². The minimum absolute atomic E-state index is 0.185. The number of carbonyl (C=O) groups excluding carboxylic acids is 2. The molecule has 0 atom stereocenters. The van der Waals surface area contributed by atoms with Gasteiger partial charge in [0.25, 0.3) is 5.91 Å². The SMILES string of the molecule is C[N+](C)(C/C=C/c1ccccc1)CC(=O)N1CCOC1=O. The third-order valence-corrected chi connectivity index (χ3v) is 3.33. The van der Waals surface area contributed by atoms with Gasteiger partial charge in [0.15, 0.2) is 6.54 Å². The molecule has 1 saturated heterocycles. The van der Waals surface area contributed by atoms with Crippen molar-refractivity contribution >= 4 is 18.1 Å². The summed E-state index contributed by atoms with van der Waals surface area (Å²) in [4.78, 5) is 24.6. The lowest BCUT2D eigenvalue weighted by atomic mass is 10.2. The summed E-state index contributed by atoms with van der Waals surface area (Å²) in [5.41, 5.74) is 1.13. The number of amides is 2. The van der Waals surface area contributed by atoms with Crippen molar-refractivity contribution in [3.05, 3.63) is 42.0 Å². The molecule has 0 aliphatic carbocycles.